The van der Waals surface area contributed by atoms with Gasteiger partial charge in [-0.15, -0.1) is 0 Å². The molecule has 0 bridgehead atoms. The van der Waals surface area contributed by atoms with E-state index in [9.17, 15) is 9.59 Å². The molecule has 2 aromatic heterocycles. The maximum absolute atomic E-state index is 12.8. The van der Waals surface area contributed by atoms with Gasteiger partial charge in [0.05, 0.1) is 6.54 Å². The van der Waals surface area contributed by atoms with Crippen molar-refractivity contribution in [2.45, 2.75) is 6.92 Å². The SMILES string of the molecule is Cc1cc(Nc2cccc(N3CCN(C(=O)Nc4ccc(N5CCN(C)CC5=O)cc4)CC3)n2)n[nH]1. The number of urea groups is 1. The van der Waals surface area contributed by atoms with Crippen LogP contribution in [0.25, 0.3) is 0 Å². The number of benzene rings is 1. The Hall–Kier alpha value is -4.12. The summed E-state index contributed by atoms with van der Waals surface area (Å²) >= 11 is 0. The Balaban J connectivity index is 1.13. The van der Waals surface area contributed by atoms with Crippen molar-refractivity contribution in [3.63, 3.8) is 0 Å². The number of aryl methyl sites for hydroxylation is 1. The lowest BCUT2D eigenvalue weighted by atomic mass is 10.2. The lowest BCUT2D eigenvalue weighted by Crippen LogP contribution is -2.50. The van der Waals surface area contributed by atoms with E-state index in [-0.39, 0.29) is 11.9 Å². The van der Waals surface area contributed by atoms with Gasteiger partial charge in [0, 0.05) is 62.4 Å². The Kier molecular flexibility index (Phi) is 6.72. The number of aromatic amines is 1. The first-order valence-corrected chi connectivity index (χ1v) is 12.1. The van der Waals surface area contributed by atoms with Gasteiger partial charge < -0.3 is 25.3 Å². The van der Waals surface area contributed by atoms with Gasteiger partial charge in [0.15, 0.2) is 5.82 Å². The van der Waals surface area contributed by atoms with Gasteiger partial charge in [0.25, 0.3) is 0 Å². The summed E-state index contributed by atoms with van der Waals surface area (Å²) in [4.78, 5) is 37.6. The number of piperazine rings is 2. The molecule has 0 radical (unpaired) electrons. The van der Waals surface area contributed by atoms with Gasteiger partial charge >= 0.3 is 6.03 Å². The fourth-order valence-electron chi connectivity index (χ4n) is 4.41. The van der Waals surface area contributed by atoms with Gasteiger partial charge in [-0.05, 0) is 50.4 Å². The van der Waals surface area contributed by atoms with Crippen LogP contribution in [0.4, 0.5) is 33.6 Å². The highest BCUT2D eigenvalue weighted by molar-refractivity contribution is 5.96. The van der Waals surface area contributed by atoms with Crippen LogP contribution in [-0.4, -0.2) is 89.8 Å². The van der Waals surface area contributed by atoms with E-state index in [1.54, 1.807) is 4.90 Å². The molecule has 3 aromatic rings. The van der Waals surface area contributed by atoms with Crippen LogP contribution in [0.1, 0.15) is 5.69 Å². The summed E-state index contributed by atoms with van der Waals surface area (Å²) in [7, 11) is 1.95. The molecule has 188 valence electrons. The number of hydrogen-bond donors (Lipinski definition) is 3. The summed E-state index contributed by atoms with van der Waals surface area (Å²) in [5, 5.41) is 13.3. The maximum Gasteiger partial charge on any atom is 0.321 e. The van der Waals surface area contributed by atoms with Crippen molar-refractivity contribution in [1.29, 1.82) is 0 Å². The number of aromatic nitrogens is 3. The summed E-state index contributed by atoms with van der Waals surface area (Å²) < 4.78 is 0. The molecule has 2 fully saturated rings. The number of nitrogens with one attached hydrogen (secondary N) is 3. The Morgan fingerprint density at radius 1 is 0.972 bits per heavy atom. The Labute approximate surface area is 210 Å². The second kappa shape index (κ2) is 10.2. The molecule has 0 saturated carbocycles. The zero-order valence-electron chi connectivity index (χ0n) is 20.6. The van der Waals surface area contributed by atoms with Crippen LogP contribution in [0.3, 0.4) is 0 Å². The average Bonchev–Trinajstić information content (AvgIpc) is 3.29. The number of nitrogens with zero attached hydrogens (tertiary/aromatic N) is 6. The van der Waals surface area contributed by atoms with Crippen LogP contribution in [0.5, 0.6) is 0 Å². The zero-order chi connectivity index (χ0) is 25.1. The molecule has 11 nitrogen and oxygen atoms in total. The van der Waals surface area contributed by atoms with Crippen molar-refractivity contribution >= 4 is 40.8 Å². The second-order valence-corrected chi connectivity index (χ2v) is 9.18. The number of hydrogen-bond acceptors (Lipinski definition) is 7. The van der Waals surface area contributed by atoms with E-state index in [4.69, 9.17) is 4.98 Å². The third-order valence-electron chi connectivity index (χ3n) is 6.43. The normalized spacial score (nSPS) is 16.8. The van der Waals surface area contributed by atoms with E-state index < -0.39 is 0 Å². The molecule has 11 heteroatoms. The van der Waals surface area contributed by atoms with Gasteiger partial charge in [-0.2, -0.15) is 5.10 Å². The van der Waals surface area contributed by atoms with Gasteiger partial charge in [0.2, 0.25) is 5.91 Å². The molecule has 4 heterocycles. The maximum atomic E-state index is 12.8. The van der Waals surface area contributed by atoms with Crippen molar-refractivity contribution in [3.8, 4) is 0 Å². The standard InChI is InChI=1S/C25H31N9O2/c1-18-16-22(30-29-18)27-21-4-3-5-23(28-21)32-11-13-33(14-12-32)25(36)26-19-6-8-20(9-7-19)34-15-10-31(2)17-24(34)35/h3-9,16H,10-15,17H2,1-2H3,(H,26,36)(H2,27,28,29,30). The van der Waals surface area contributed by atoms with Crippen molar-refractivity contribution in [2.75, 3.05) is 73.3 Å². The molecule has 36 heavy (non-hydrogen) atoms. The topological polar surface area (TPSA) is 113 Å². The van der Waals surface area contributed by atoms with Crippen LogP contribution in [0, 0.1) is 6.92 Å². The minimum Gasteiger partial charge on any atom is -0.353 e. The van der Waals surface area contributed by atoms with Crippen molar-refractivity contribution < 1.29 is 9.59 Å². The first-order valence-electron chi connectivity index (χ1n) is 12.1. The summed E-state index contributed by atoms with van der Waals surface area (Å²) in [5.74, 6) is 2.40. The Morgan fingerprint density at radius 2 is 1.75 bits per heavy atom. The smallest absolute Gasteiger partial charge is 0.321 e. The Bertz CT molecular complexity index is 1220. The highest BCUT2D eigenvalue weighted by Crippen LogP contribution is 2.22. The number of anilines is 5. The number of carbonyl (C=O) groups excluding carboxylic acids is 2. The third-order valence-corrected chi connectivity index (χ3v) is 6.43. The molecule has 3 N–H and O–H groups in total. The lowest BCUT2D eigenvalue weighted by molar-refractivity contribution is -0.120. The molecule has 5 rings (SSSR count). The van der Waals surface area contributed by atoms with E-state index in [0.717, 1.165) is 35.4 Å². The second-order valence-electron chi connectivity index (χ2n) is 9.18. The minimum atomic E-state index is -0.129. The van der Waals surface area contributed by atoms with E-state index in [0.29, 0.717) is 45.0 Å². The monoisotopic (exact) mass is 489 g/mol. The molecule has 0 atom stereocenters. The van der Waals surface area contributed by atoms with Crippen molar-refractivity contribution in [2.24, 2.45) is 0 Å². The van der Waals surface area contributed by atoms with Gasteiger partial charge in [-0.1, -0.05) is 6.07 Å². The molecule has 0 unspecified atom stereocenters. The number of pyridine rings is 1. The van der Waals surface area contributed by atoms with Crippen molar-refractivity contribution in [1.82, 2.24) is 25.0 Å². The van der Waals surface area contributed by atoms with E-state index in [1.807, 2.05) is 72.3 Å². The summed E-state index contributed by atoms with van der Waals surface area (Å²) in [6.07, 6.45) is 0. The molecule has 2 saturated heterocycles. The average molecular weight is 490 g/mol. The first-order chi connectivity index (χ1) is 17.4. The van der Waals surface area contributed by atoms with Crippen LogP contribution >= 0.6 is 0 Å². The summed E-state index contributed by atoms with van der Waals surface area (Å²) in [6, 6.07) is 15.1. The Morgan fingerprint density at radius 3 is 2.44 bits per heavy atom. The molecular weight excluding hydrogens is 458 g/mol. The molecule has 3 amide bonds. The van der Waals surface area contributed by atoms with Gasteiger partial charge in [0.1, 0.15) is 11.6 Å². The van der Waals surface area contributed by atoms with Gasteiger partial charge in [-0.25, -0.2) is 9.78 Å². The highest BCUT2D eigenvalue weighted by atomic mass is 16.2. The summed E-state index contributed by atoms with van der Waals surface area (Å²) in [5.41, 5.74) is 2.54. The van der Waals surface area contributed by atoms with Crippen molar-refractivity contribution in [3.05, 3.63) is 54.2 Å². The number of carbonyl (C=O) groups is 2. The predicted octanol–water partition coefficient (Wildman–Crippen LogP) is 2.49. The van der Waals surface area contributed by atoms with Crippen LogP contribution < -0.4 is 20.4 Å². The molecule has 2 aliphatic rings. The van der Waals surface area contributed by atoms with Crippen LogP contribution in [-0.2, 0) is 4.79 Å². The molecule has 0 spiro atoms. The van der Waals surface area contributed by atoms with E-state index in [2.05, 4.69) is 25.7 Å². The largest absolute Gasteiger partial charge is 0.353 e. The lowest BCUT2D eigenvalue weighted by Gasteiger charge is -2.35. The van der Waals surface area contributed by atoms with Crippen LogP contribution in [0.15, 0.2) is 48.5 Å². The zero-order valence-corrected chi connectivity index (χ0v) is 20.6. The van der Waals surface area contributed by atoms with Gasteiger partial charge in [-0.3, -0.25) is 14.8 Å². The first kappa shape index (κ1) is 23.6. The fraction of sp³-hybridized carbons (Fsp3) is 0.360. The minimum absolute atomic E-state index is 0.0884. The van der Waals surface area contributed by atoms with Crippen LogP contribution in [0.2, 0.25) is 0 Å². The fourth-order valence-corrected chi connectivity index (χ4v) is 4.41. The predicted molar refractivity (Wildman–Crippen MR) is 140 cm³/mol. The molecular formula is C25H31N9O2. The number of rotatable bonds is 5. The number of amides is 3. The molecule has 1 aromatic carbocycles. The molecule has 0 aliphatic carbocycles. The summed E-state index contributed by atoms with van der Waals surface area (Å²) in [6.45, 7) is 6.45. The number of H-pyrrole nitrogens is 1. The highest BCUT2D eigenvalue weighted by Gasteiger charge is 2.24. The molecule has 2 aliphatic heterocycles. The quantitative estimate of drug-likeness (QED) is 0.505. The third kappa shape index (κ3) is 5.41. The van der Waals surface area contributed by atoms with E-state index >= 15 is 0 Å². The van der Waals surface area contributed by atoms with E-state index in [1.165, 1.54) is 0 Å². The number of likely N-dealkylation sites (N-methyl/N-ethyl adjacent to an activating group) is 1.